The van der Waals surface area contributed by atoms with Gasteiger partial charge in [0.05, 0.1) is 32.9 Å². The van der Waals surface area contributed by atoms with E-state index >= 15 is 0 Å². The minimum Gasteiger partial charge on any atom is -0.326 e. The molecule has 0 aromatic carbocycles. The summed E-state index contributed by atoms with van der Waals surface area (Å²) in [5, 5.41) is 0. The van der Waals surface area contributed by atoms with Crippen LogP contribution in [0.2, 0.25) is 0 Å². The second-order valence-electron chi connectivity index (χ2n) is 5.95. The molecule has 0 radical (unpaired) electrons. The van der Waals surface area contributed by atoms with Crippen LogP contribution in [0.4, 0.5) is 13.2 Å². The van der Waals surface area contributed by atoms with Crippen molar-refractivity contribution in [3.05, 3.63) is 0 Å². The maximum atomic E-state index is 11.4. The van der Waals surface area contributed by atoms with Crippen LogP contribution in [0, 0.1) is 5.92 Å². The highest BCUT2D eigenvalue weighted by Crippen LogP contribution is 2.22. The van der Waals surface area contributed by atoms with E-state index in [2.05, 4.69) is 20.9 Å². The summed E-state index contributed by atoms with van der Waals surface area (Å²) in [6.45, 7) is 8.86. The number of halogens is 3. The van der Waals surface area contributed by atoms with Crippen LogP contribution in [0.25, 0.3) is 0 Å². The molecule has 22 heavy (non-hydrogen) atoms. The van der Waals surface area contributed by atoms with E-state index in [1.165, 1.54) is 37.0 Å². The molecule has 1 saturated heterocycles. The number of rotatable bonds is 4. The van der Waals surface area contributed by atoms with Crippen LogP contribution < -0.4 is 4.13 Å². The van der Waals surface area contributed by atoms with Gasteiger partial charge in [-0.1, -0.05) is 13.8 Å². The summed E-state index contributed by atoms with van der Waals surface area (Å²) in [5.41, 5.74) is -5.62. The van der Waals surface area contributed by atoms with E-state index < -0.39 is 25.6 Å². The van der Waals surface area contributed by atoms with Gasteiger partial charge in [-0.25, -0.2) is 16.8 Å². The number of hydrogen-bond acceptors (Lipinski definition) is 4. The van der Waals surface area contributed by atoms with E-state index in [1.807, 2.05) is 0 Å². The van der Waals surface area contributed by atoms with E-state index in [9.17, 15) is 30.0 Å². The predicted octanol–water partition coefficient (Wildman–Crippen LogP) is 1.27. The number of quaternary nitrogens is 1. The topological polar surface area (TPSA) is 80.3 Å². The van der Waals surface area contributed by atoms with Crippen molar-refractivity contribution in [2.24, 2.45) is 5.92 Å². The Hall–Kier alpha value is -0.390. The summed E-state index contributed by atoms with van der Waals surface area (Å²) < 4.78 is 76.4. The van der Waals surface area contributed by atoms with Crippen molar-refractivity contribution in [3.8, 4) is 0 Å². The van der Waals surface area contributed by atoms with E-state index in [-0.39, 0.29) is 0 Å². The lowest BCUT2D eigenvalue weighted by atomic mass is 10.2. The van der Waals surface area contributed by atoms with Gasteiger partial charge in [0.15, 0.2) is 0 Å². The van der Waals surface area contributed by atoms with Gasteiger partial charge in [0, 0.05) is 12.3 Å². The first-order valence-electron chi connectivity index (χ1n) is 6.75. The summed E-state index contributed by atoms with van der Waals surface area (Å²) in [5.74, 6) is 0.969. The Balaban J connectivity index is 0.000000406. The summed E-state index contributed by atoms with van der Waals surface area (Å²) in [6.07, 6.45) is 3.08. The molecule has 0 aromatic heterocycles. The Morgan fingerprint density at radius 2 is 1.73 bits per heavy atom. The molecule has 0 aliphatic carbocycles. The highest BCUT2D eigenvalue weighted by molar-refractivity contribution is 8.04. The molecule has 1 heterocycles. The van der Waals surface area contributed by atoms with Crippen molar-refractivity contribution < 1.29 is 34.5 Å². The largest absolute Gasteiger partial charge is 0.512 e. The zero-order valence-corrected chi connectivity index (χ0v) is 14.8. The zero-order chi connectivity index (χ0) is 17.8. The Kier molecular flexibility index (Phi) is 7.32. The molecule has 0 bridgehead atoms. The van der Waals surface area contributed by atoms with Crippen LogP contribution in [0.1, 0.15) is 26.7 Å². The quantitative estimate of drug-likeness (QED) is 0.757. The van der Waals surface area contributed by atoms with E-state index in [4.69, 9.17) is 0 Å². The normalized spacial score (nSPS) is 26.4. The first kappa shape index (κ1) is 21.6. The van der Waals surface area contributed by atoms with Gasteiger partial charge in [-0.15, -0.1) is 4.13 Å². The van der Waals surface area contributed by atoms with Crippen LogP contribution in [-0.4, -0.2) is 59.8 Å². The first-order chi connectivity index (χ1) is 9.62. The fourth-order valence-electron chi connectivity index (χ4n) is 2.46. The molecule has 1 aliphatic heterocycles. The average Bonchev–Trinajstić information content (AvgIpc) is 2.54. The maximum Gasteiger partial charge on any atom is 0.512 e. The fourth-order valence-corrected chi connectivity index (χ4v) is 4.43. The SMILES string of the molecule is CCC[N+]1(C)CCC(C)C1.CS(=O)(=O)NS(=O)(=O)C(F)(F)F. The monoisotopic (exact) mass is 369 g/mol. The highest BCUT2D eigenvalue weighted by Gasteiger charge is 2.47. The standard InChI is InChI=1S/C9H20N.C2H4F3NO4S2/c1-4-6-10(3)7-5-9(2)8-10;1-11(7,8)6-12(9,10)2(3,4)5/h9H,4-8H2,1-3H3;6H,1H3/q+1;. The van der Waals surface area contributed by atoms with Crippen molar-refractivity contribution in [2.45, 2.75) is 32.2 Å². The van der Waals surface area contributed by atoms with Gasteiger partial charge in [-0.05, 0) is 6.42 Å². The second kappa shape index (κ2) is 7.45. The van der Waals surface area contributed by atoms with E-state index in [0.717, 1.165) is 5.92 Å². The van der Waals surface area contributed by atoms with Gasteiger partial charge in [-0.2, -0.15) is 13.2 Å². The lowest BCUT2D eigenvalue weighted by molar-refractivity contribution is -0.899. The molecule has 1 N–H and O–H groups in total. The Morgan fingerprint density at radius 1 is 1.23 bits per heavy atom. The van der Waals surface area contributed by atoms with E-state index in [1.54, 1.807) is 0 Å². The van der Waals surface area contributed by atoms with Gasteiger partial charge in [0.25, 0.3) is 0 Å². The van der Waals surface area contributed by atoms with Crippen molar-refractivity contribution in [2.75, 3.05) is 32.9 Å². The molecule has 11 heteroatoms. The number of sulfonamides is 2. The van der Waals surface area contributed by atoms with Crippen LogP contribution in [0.3, 0.4) is 0 Å². The van der Waals surface area contributed by atoms with Crippen LogP contribution >= 0.6 is 0 Å². The number of hydrogen-bond donors (Lipinski definition) is 1. The van der Waals surface area contributed by atoms with Crippen molar-refractivity contribution >= 4 is 20.0 Å². The number of alkyl halides is 3. The molecule has 0 aromatic rings. The van der Waals surface area contributed by atoms with Gasteiger partial charge >= 0.3 is 15.5 Å². The van der Waals surface area contributed by atoms with Gasteiger partial charge in [0.2, 0.25) is 10.0 Å². The summed E-state index contributed by atoms with van der Waals surface area (Å²) in [4.78, 5) is 0. The fraction of sp³-hybridized carbons (Fsp3) is 1.00. The zero-order valence-electron chi connectivity index (χ0n) is 13.1. The Bertz CT molecular complexity index is 556. The summed E-state index contributed by atoms with van der Waals surface area (Å²) >= 11 is 0. The lowest BCUT2D eigenvalue weighted by Crippen LogP contribution is -2.41. The smallest absolute Gasteiger partial charge is 0.326 e. The Labute approximate surface area is 130 Å². The minimum absolute atomic E-state index is 0.302. The maximum absolute atomic E-state index is 11.4. The van der Waals surface area contributed by atoms with Crippen molar-refractivity contribution in [3.63, 3.8) is 0 Å². The third-order valence-corrected chi connectivity index (χ3v) is 5.94. The molecule has 6 nitrogen and oxygen atoms in total. The van der Waals surface area contributed by atoms with E-state index in [0.29, 0.717) is 10.4 Å². The second-order valence-corrected chi connectivity index (χ2v) is 9.63. The molecule has 2 unspecified atom stereocenters. The molecule has 1 fully saturated rings. The molecule has 1 aliphatic rings. The summed E-state index contributed by atoms with van der Waals surface area (Å²) in [6, 6.07) is 0. The van der Waals surface area contributed by atoms with Crippen LogP contribution in [0.15, 0.2) is 0 Å². The van der Waals surface area contributed by atoms with Gasteiger partial charge in [-0.3, -0.25) is 0 Å². The average molecular weight is 369 g/mol. The molecule has 0 saturated carbocycles. The third kappa shape index (κ3) is 7.75. The Morgan fingerprint density at radius 3 is 1.95 bits per heavy atom. The number of nitrogens with zero attached hydrogens (tertiary/aromatic N) is 1. The molecule has 1 rings (SSSR count). The molecule has 0 spiro atoms. The number of likely N-dealkylation sites (tertiary alicyclic amines) is 1. The first-order valence-corrected chi connectivity index (χ1v) is 10.1. The molecular formula is C11H24F3N2O4S2+. The third-order valence-electron chi connectivity index (χ3n) is 3.24. The molecule has 134 valence electrons. The van der Waals surface area contributed by atoms with Gasteiger partial charge in [0.1, 0.15) is 0 Å². The minimum atomic E-state index is -5.79. The van der Waals surface area contributed by atoms with Gasteiger partial charge < -0.3 is 4.48 Å². The molecule has 2 atom stereocenters. The molecule has 0 amide bonds. The van der Waals surface area contributed by atoms with Crippen LogP contribution in [0.5, 0.6) is 0 Å². The van der Waals surface area contributed by atoms with Crippen LogP contribution in [-0.2, 0) is 20.0 Å². The predicted molar refractivity (Wildman–Crippen MR) is 77.8 cm³/mol. The summed E-state index contributed by atoms with van der Waals surface area (Å²) in [7, 11) is -7.82. The lowest BCUT2D eigenvalue weighted by Gasteiger charge is -2.28. The number of nitrogens with one attached hydrogen (secondary N) is 1. The van der Waals surface area contributed by atoms with Crippen molar-refractivity contribution in [1.29, 1.82) is 0 Å². The molecular weight excluding hydrogens is 345 g/mol. The van der Waals surface area contributed by atoms with Crippen molar-refractivity contribution in [1.82, 2.24) is 4.13 Å². The highest BCUT2D eigenvalue weighted by atomic mass is 32.3.